The molecule has 8 heteroatoms. The maximum absolute atomic E-state index is 12.5. The molecule has 0 spiro atoms. The zero-order valence-electron chi connectivity index (χ0n) is 15.5. The van der Waals surface area contributed by atoms with E-state index in [-0.39, 0.29) is 0 Å². The molecular formula is C21H17N5O2S. The molecule has 2 heterocycles. The minimum Gasteiger partial charge on any atom is -0.267 e. The highest BCUT2D eigenvalue weighted by atomic mass is 32.1. The van der Waals surface area contributed by atoms with Crippen LogP contribution >= 0.6 is 11.3 Å². The number of hydrogen-bond acceptors (Lipinski definition) is 5. The normalized spacial score (nSPS) is 10.5. The van der Waals surface area contributed by atoms with Crippen molar-refractivity contribution in [3.63, 3.8) is 0 Å². The summed E-state index contributed by atoms with van der Waals surface area (Å²) in [5.41, 5.74) is 7.59. The zero-order valence-corrected chi connectivity index (χ0v) is 16.3. The molecule has 2 aromatic carbocycles. The number of para-hydroxylation sites is 1. The van der Waals surface area contributed by atoms with Crippen LogP contribution in [0.15, 0.2) is 73.1 Å². The lowest BCUT2D eigenvalue weighted by molar-refractivity contribution is 0.0848. The number of nitrogens with one attached hydrogen (secondary N) is 2. The number of carbonyl (C=O) groups excluding carboxylic acids is 2. The van der Waals surface area contributed by atoms with Crippen LogP contribution < -0.4 is 10.9 Å². The van der Waals surface area contributed by atoms with Gasteiger partial charge in [-0.15, -0.1) is 11.3 Å². The van der Waals surface area contributed by atoms with Crippen LogP contribution in [0.25, 0.3) is 16.3 Å². The number of carbonyl (C=O) groups is 2. The predicted molar refractivity (Wildman–Crippen MR) is 111 cm³/mol. The van der Waals surface area contributed by atoms with Gasteiger partial charge in [-0.1, -0.05) is 48.5 Å². The summed E-state index contributed by atoms with van der Waals surface area (Å²) in [6, 6.07) is 19.1. The second-order valence-corrected chi connectivity index (χ2v) is 7.22. The molecule has 29 heavy (non-hydrogen) atoms. The maximum atomic E-state index is 12.5. The summed E-state index contributed by atoms with van der Waals surface area (Å²) in [5, 5.41) is 4.93. The van der Waals surface area contributed by atoms with Crippen LogP contribution in [0.1, 0.15) is 25.7 Å². The summed E-state index contributed by atoms with van der Waals surface area (Å²) in [6.45, 7) is 1.77. The van der Waals surface area contributed by atoms with E-state index in [9.17, 15) is 9.59 Å². The van der Waals surface area contributed by atoms with Gasteiger partial charge in [0.15, 0.2) is 0 Å². The van der Waals surface area contributed by atoms with Crippen molar-refractivity contribution < 1.29 is 9.59 Å². The van der Waals surface area contributed by atoms with Gasteiger partial charge in [-0.2, -0.15) is 5.10 Å². The quantitative estimate of drug-likeness (QED) is 0.511. The summed E-state index contributed by atoms with van der Waals surface area (Å²) in [5.74, 6) is -0.864. The molecule has 144 valence electrons. The number of benzene rings is 2. The first-order valence-corrected chi connectivity index (χ1v) is 9.67. The lowest BCUT2D eigenvalue weighted by atomic mass is 10.2. The fourth-order valence-corrected chi connectivity index (χ4v) is 3.68. The number of nitrogens with zero attached hydrogens (tertiary/aromatic N) is 3. The van der Waals surface area contributed by atoms with E-state index < -0.39 is 11.8 Å². The van der Waals surface area contributed by atoms with E-state index in [4.69, 9.17) is 0 Å². The highest BCUT2D eigenvalue weighted by Crippen LogP contribution is 2.27. The monoisotopic (exact) mass is 403 g/mol. The maximum Gasteiger partial charge on any atom is 0.281 e. The van der Waals surface area contributed by atoms with Crippen molar-refractivity contribution >= 4 is 23.2 Å². The van der Waals surface area contributed by atoms with Crippen molar-refractivity contribution in [2.45, 2.75) is 6.92 Å². The molecule has 2 amide bonds. The number of aryl methyl sites for hydroxylation is 1. The molecule has 0 aliphatic carbocycles. The van der Waals surface area contributed by atoms with Crippen molar-refractivity contribution in [3.8, 4) is 16.3 Å². The van der Waals surface area contributed by atoms with Gasteiger partial charge in [0.1, 0.15) is 9.88 Å². The Morgan fingerprint density at radius 3 is 2.31 bits per heavy atom. The topological polar surface area (TPSA) is 88.9 Å². The molecule has 4 aromatic rings. The largest absolute Gasteiger partial charge is 0.281 e. The molecule has 2 N–H and O–H groups in total. The molecule has 0 bridgehead atoms. The first-order valence-electron chi connectivity index (χ1n) is 8.85. The Morgan fingerprint density at radius 1 is 0.931 bits per heavy atom. The van der Waals surface area contributed by atoms with Crippen LogP contribution in [0.5, 0.6) is 0 Å². The Labute approximate surface area is 171 Å². The molecule has 0 unspecified atom stereocenters. The third-order valence-corrected chi connectivity index (χ3v) is 5.38. The van der Waals surface area contributed by atoms with Crippen molar-refractivity contribution in [2.75, 3.05) is 0 Å². The van der Waals surface area contributed by atoms with Gasteiger partial charge in [0.2, 0.25) is 0 Å². The number of amides is 2. The number of aromatic nitrogens is 3. The molecule has 2 aromatic heterocycles. The van der Waals surface area contributed by atoms with Gasteiger partial charge in [-0.05, 0) is 19.1 Å². The smallest absolute Gasteiger partial charge is 0.267 e. The fourth-order valence-electron chi connectivity index (χ4n) is 2.72. The molecule has 0 fully saturated rings. The van der Waals surface area contributed by atoms with Crippen molar-refractivity contribution in [2.24, 2.45) is 0 Å². The Balaban J connectivity index is 1.42. The predicted octanol–water partition coefficient (Wildman–Crippen LogP) is 3.38. The molecule has 0 saturated heterocycles. The first kappa shape index (κ1) is 18.6. The molecule has 0 aliphatic heterocycles. The zero-order chi connectivity index (χ0) is 20.2. The lowest BCUT2D eigenvalue weighted by Gasteiger charge is -2.05. The Kier molecular flexibility index (Phi) is 5.17. The third kappa shape index (κ3) is 4.07. The van der Waals surface area contributed by atoms with E-state index in [1.54, 1.807) is 17.8 Å². The molecule has 0 radical (unpaired) electrons. The fraction of sp³-hybridized carbons (Fsp3) is 0.0476. The van der Waals surface area contributed by atoms with Gasteiger partial charge >= 0.3 is 0 Å². The van der Waals surface area contributed by atoms with Crippen LogP contribution in [0.4, 0.5) is 0 Å². The number of hydrogen-bond donors (Lipinski definition) is 2. The summed E-state index contributed by atoms with van der Waals surface area (Å²) < 4.78 is 1.59. The summed E-state index contributed by atoms with van der Waals surface area (Å²) >= 11 is 1.28. The van der Waals surface area contributed by atoms with E-state index in [1.165, 1.54) is 17.5 Å². The van der Waals surface area contributed by atoms with Crippen LogP contribution in [0.3, 0.4) is 0 Å². The minimum absolute atomic E-state index is 0.333. The molecule has 0 aliphatic rings. The van der Waals surface area contributed by atoms with Gasteiger partial charge in [0.05, 0.1) is 23.1 Å². The first-order chi connectivity index (χ1) is 14.1. The number of thiazole rings is 1. The van der Waals surface area contributed by atoms with Crippen LogP contribution in [-0.2, 0) is 0 Å². The second kappa shape index (κ2) is 8.07. The Bertz CT molecular complexity index is 1150. The van der Waals surface area contributed by atoms with E-state index in [0.717, 1.165) is 16.3 Å². The summed E-state index contributed by atoms with van der Waals surface area (Å²) in [6.07, 6.45) is 3.04. The van der Waals surface area contributed by atoms with Gasteiger partial charge in [-0.3, -0.25) is 20.4 Å². The highest BCUT2D eigenvalue weighted by Gasteiger charge is 2.17. The summed E-state index contributed by atoms with van der Waals surface area (Å²) in [7, 11) is 0. The minimum atomic E-state index is -0.453. The number of rotatable bonds is 4. The van der Waals surface area contributed by atoms with E-state index >= 15 is 0 Å². The van der Waals surface area contributed by atoms with Gasteiger partial charge in [0, 0.05) is 11.8 Å². The number of hydrazine groups is 1. The Hall–Kier alpha value is -3.78. The van der Waals surface area contributed by atoms with Crippen LogP contribution in [0.2, 0.25) is 0 Å². The van der Waals surface area contributed by atoms with Gasteiger partial charge < -0.3 is 0 Å². The highest BCUT2D eigenvalue weighted by molar-refractivity contribution is 7.17. The Morgan fingerprint density at radius 2 is 1.59 bits per heavy atom. The van der Waals surface area contributed by atoms with Gasteiger partial charge in [-0.25, -0.2) is 9.67 Å². The van der Waals surface area contributed by atoms with E-state index in [1.807, 2.05) is 60.7 Å². The van der Waals surface area contributed by atoms with Crippen molar-refractivity contribution in [1.82, 2.24) is 25.6 Å². The third-order valence-electron chi connectivity index (χ3n) is 4.18. The second-order valence-electron chi connectivity index (χ2n) is 6.22. The van der Waals surface area contributed by atoms with Crippen LogP contribution in [0, 0.1) is 6.92 Å². The molecule has 7 nitrogen and oxygen atoms in total. The summed E-state index contributed by atoms with van der Waals surface area (Å²) in [4.78, 5) is 29.7. The van der Waals surface area contributed by atoms with Gasteiger partial charge in [0.25, 0.3) is 11.8 Å². The average Bonchev–Trinajstić information content (AvgIpc) is 3.40. The van der Waals surface area contributed by atoms with E-state index in [2.05, 4.69) is 20.9 Å². The van der Waals surface area contributed by atoms with Crippen molar-refractivity contribution in [1.29, 1.82) is 0 Å². The molecule has 0 atom stereocenters. The van der Waals surface area contributed by atoms with E-state index in [0.29, 0.717) is 16.1 Å². The van der Waals surface area contributed by atoms with Crippen LogP contribution in [-0.4, -0.2) is 26.6 Å². The standard InChI is InChI=1S/C21H17N5O2S/c1-14-18(29-21(23-14)15-8-4-2-5-9-15)20(28)25-24-19(27)16-12-22-26(13-16)17-10-6-3-7-11-17/h2-13H,1H3,(H,24,27)(H,25,28). The lowest BCUT2D eigenvalue weighted by Crippen LogP contribution is -2.41. The van der Waals surface area contributed by atoms with Crippen molar-refractivity contribution in [3.05, 3.63) is 89.2 Å². The molecule has 4 rings (SSSR count). The SMILES string of the molecule is Cc1nc(-c2ccccc2)sc1C(=O)NNC(=O)c1cnn(-c2ccccc2)c1. The molecule has 0 saturated carbocycles. The molecular weight excluding hydrogens is 386 g/mol. The average molecular weight is 403 g/mol.